The van der Waals surface area contributed by atoms with Crippen LogP contribution in [0.1, 0.15) is 47.1 Å². The molecule has 1 aliphatic heterocycles. The number of hydrogen-bond donors (Lipinski definition) is 3. The second-order valence-corrected chi connectivity index (χ2v) is 18.4. The molecule has 1 aromatic carbocycles. The lowest BCUT2D eigenvalue weighted by Gasteiger charge is -2.52. The zero-order chi connectivity index (χ0) is 24.0. The molecule has 0 saturated carbocycles. The predicted molar refractivity (Wildman–Crippen MR) is 132 cm³/mol. The number of aliphatic hydroxyl groups is 3. The van der Waals surface area contributed by atoms with E-state index in [1.165, 1.54) is 0 Å². The van der Waals surface area contributed by atoms with E-state index in [9.17, 15) is 15.3 Å². The lowest BCUT2D eigenvalue weighted by molar-refractivity contribution is -0.352. The second-order valence-electron chi connectivity index (χ2n) is 9.00. The number of benzene rings is 1. The molecule has 1 fully saturated rings. The molecule has 1 saturated heterocycles. The standard InChI is InChI=1S/C24H44O6Si2/c1-7-31(8-2,9-3)29-22-20(18-25)28-24(27,19-16-14-13-15-17-19)23(21(22)26)30-32(10-4,11-5)12-6/h13-17,20-23,25-27H,7-12,18H2,1-6H3/t20-,21+,22-,23-,24-/m1/s1. The van der Waals surface area contributed by atoms with E-state index < -0.39 is 46.8 Å². The first-order valence-corrected chi connectivity index (χ1v) is 17.4. The van der Waals surface area contributed by atoms with Gasteiger partial charge in [0, 0.05) is 5.56 Å². The zero-order valence-electron chi connectivity index (χ0n) is 20.7. The average molecular weight is 485 g/mol. The Bertz CT molecular complexity index is 666. The largest absolute Gasteiger partial charge is 0.408 e. The summed E-state index contributed by atoms with van der Waals surface area (Å²) in [7, 11) is -4.34. The highest BCUT2D eigenvalue weighted by Crippen LogP contribution is 2.43. The van der Waals surface area contributed by atoms with Crippen LogP contribution in [0.15, 0.2) is 30.3 Å². The van der Waals surface area contributed by atoms with E-state index in [0.29, 0.717) is 5.56 Å². The summed E-state index contributed by atoms with van der Waals surface area (Å²) in [6.45, 7) is 12.4. The Morgan fingerprint density at radius 3 is 1.75 bits per heavy atom. The third-order valence-electron chi connectivity index (χ3n) is 7.73. The van der Waals surface area contributed by atoms with E-state index in [2.05, 4.69) is 41.5 Å². The van der Waals surface area contributed by atoms with Gasteiger partial charge in [0.25, 0.3) is 0 Å². The lowest BCUT2D eigenvalue weighted by atomic mass is 9.88. The molecule has 5 atom stereocenters. The van der Waals surface area contributed by atoms with E-state index >= 15 is 0 Å². The van der Waals surface area contributed by atoms with Crippen molar-refractivity contribution in [2.24, 2.45) is 0 Å². The number of hydrogen-bond acceptors (Lipinski definition) is 6. The molecule has 1 aromatic rings. The van der Waals surface area contributed by atoms with E-state index in [-0.39, 0.29) is 6.61 Å². The summed E-state index contributed by atoms with van der Waals surface area (Å²) in [6, 6.07) is 14.4. The van der Waals surface area contributed by atoms with Crippen molar-refractivity contribution >= 4 is 16.6 Å². The van der Waals surface area contributed by atoms with Crippen molar-refractivity contribution in [1.82, 2.24) is 0 Å². The molecule has 0 unspecified atom stereocenters. The molecule has 0 bridgehead atoms. The maximum Gasteiger partial charge on any atom is 0.221 e. The van der Waals surface area contributed by atoms with Crippen molar-refractivity contribution in [2.45, 2.75) is 108 Å². The molecule has 8 heteroatoms. The van der Waals surface area contributed by atoms with Gasteiger partial charge in [-0.05, 0) is 36.3 Å². The second kappa shape index (κ2) is 11.7. The summed E-state index contributed by atoms with van der Waals surface area (Å²) in [5.74, 6) is -1.87. The van der Waals surface area contributed by atoms with Gasteiger partial charge in [0.15, 0.2) is 16.6 Å². The van der Waals surface area contributed by atoms with Crippen molar-refractivity contribution in [1.29, 1.82) is 0 Å². The van der Waals surface area contributed by atoms with Crippen molar-refractivity contribution in [2.75, 3.05) is 6.61 Å². The van der Waals surface area contributed by atoms with Crippen molar-refractivity contribution in [3.63, 3.8) is 0 Å². The molecule has 32 heavy (non-hydrogen) atoms. The molecule has 1 aliphatic rings. The van der Waals surface area contributed by atoms with Crippen LogP contribution in [0.25, 0.3) is 0 Å². The van der Waals surface area contributed by atoms with Crippen molar-refractivity contribution < 1.29 is 28.9 Å². The summed E-state index contributed by atoms with van der Waals surface area (Å²) >= 11 is 0. The minimum absolute atomic E-state index is 0.358. The normalized spacial score (nSPS) is 29.3. The van der Waals surface area contributed by atoms with Gasteiger partial charge >= 0.3 is 0 Å². The third kappa shape index (κ3) is 5.38. The van der Waals surface area contributed by atoms with E-state index in [1.807, 2.05) is 18.2 Å². The van der Waals surface area contributed by atoms with Gasteiger partial charge < -0.3 is 28.9 Å². The zero-order valence-corrected chi connectivity index (χ0v) is 22.7. The van der Waals surface area contributed by atoms with Crippen molar-refractivity contribution in [3.05, 3.63) is 35.9 Å². The fourth-order valence-electron chi connectivity index (χ4n) is 4.89. The summed E-state index contributed by atoms with van der Waals surface area (Å²) < 4.78 is 19.6. The summed E-state index contributed by atoms with van der Waals surface area (Å²) in [5.41, 5.74) is 0.511. The van der Waals surface area contributed by atoms with Gasteiger partial charge in [-0.1, -0.05) is 71.9 Å². The van der Waals surface area contributed by atoms with E-state index in [1.54, 1.807) is 12.1 Å². The number of rotatable bonds is 12. The van der Waals surface area contributed by atoms with Gasteiger partial charge in [-0.2, -0.15) is 0 Å². The minimum atomic E-state index is -2.22. The Labute approximate surface area is 196 Å². The highest BCUT2D eigenvalue weighted by molar-refractivity contribution is 6.74. The molecule has 1 heterocycles. The number of ether oxygens (including phenoxy) is 1. The summed E-state index contributed by atoms with van der Waals surface area (Å²) in [6.07, 6.45) is -3.73. The molecule has 0 aliphatic carbocycles. The molecule has 0 spiro atoms. The molecule has 3 N–H and O–H groups in total. The molecule has 2 rings (SSSR count). The van der Waals surface area contributed by atoms with Crippen LogP contribution < -0.4 is 0 Å². The first kappa shape index (κ1) is 27.7. The third-order valence-corrected chi connectivity index (χ3v) is 17.0. The van der Waals surface area contributed by atoms with Crippen LogP contribution in [-0.4, -0.2) is 63.0 Å². The van der Waals surface area contributed by atoms with Gasteiger partial charge in [0.2, 0.25) is 5.79 Å². The molecule has 0 amide bonds. The first-order chi connectivity index (χ1) is 15.2. The predicted octanol–water partition coefficient (Wildman–Crippen LogP) is 4.36. The monoisotopic (exact) mass is 484 g/mol. The Morgan fingerprint density at radius 2 is 1.31 bits per heavy atom. The quantitative estimate of drug-likeness (QED) is 0.382. The van der Waals surface area contributed by atoms with Crippen LogP contribution in [0, 0.1) is 0 Å². The van der Waals surface area contributed by atoms with Crippen LogP contribution in [0.5, 0.6) is 0 Å². The Hall–Kier alpha value is -0.586. The van der Waals surface area contributed by atoms with Gasteiger partial charge in [-0.3, -0.25) is 0 Å². The van der Waals surface area contributed by atoms with Gasteiger partial charge in [0.05, 0.1) is 6.61 Å². The van der Waals surface area contributed by atoms with Crippen LogP contribution in [0.4, 0.5) is 0 Å². The fourth-order valence-corrected chi connectivity index (χ4v) is 10.6. The topological polar surface area (TPSA) is 88.4 Å². The Balaban J connectivity index is 2.56. The van der Waals surface area contributed by atoms with Crippen LogP contribution in [0.2, 0.25) is 36.3 Å². The van der Waals surface area contributed by atoms with Crippen LogP contribution in [-0.2, 0) is 19.4 Å². The molecule has 6 nitrogen and oxygen atoms in total. The molecule has 0 aromatic heterocycles. The summed E-state index contributed by atoms with van der Waals surface area (Å²) in [4.78, 5) is 0. The number of aliphatic hydroxyl groups excluding tert-OH is 2. The van der Waals surface area contributed by atoms with E-state index in [0.717, 1.165) is 36.3 Å². The minimum Gasteiger partial charge on any atom is -0.408 e. The Kier molecular flexibility index (Phi) is 10.1. The summed E-state index contributed by atoms with van der Waals surface area (Å²) in [5, 5.41) is 33.7. The van der Waals surface area contributed by atoms with Gasteiger partial charge in [-0.15, -0.1) is 0 Å². The highest BCUT2D eigenvalue weighted by Gasteiger charge is 2.58. The van der Waals surface area contributed by atoms with Crippen LogP contribution in [0.3, 0.4) is 0 Å². The maximum atomic E-state index is 11.9. The Morgan fingerprint density at radius 1 is 0.844 bits per heavy atom. The fraction of sp³-hybridized carbons (Fsp3) is 0.750. The maximum absolute atomic E-state index is 11.9. The van der Waals surface area contributed by atoms with Crippen molar-refractivity contribution in [3.8, 4) is 0 Å². The van der Waals surface area contributed by atoms with E-state index in [4.69, 9.17) is 13.6 Å². The lowest BCUT2D eigenvalue weighted by Crippen LogP contribution is -2.68. The average Bonchev–Trinajstić information content (AvgIpc) is 2.85. The molecular formula is C24H44O6Si2. The smallest absolute Gasteiger partial charge is 0.221 e. The molecular weight excluding hydrogens is 440 g/mol. The molecule has 0 radical (unpaired) electrons. The highest BCUT2D eigenvalue weighted by atomic mass is 28.4. The first-order valence-electron chi connectivity index (χ1n) is 12.3. The van der Waals surface area contributed by atoms with Gasteiger partial charge in [0.1, 0.15) is 24.4 Å². The van der Waals surface area contributed by atoms with Gasteiger partial charge in [-0.25, -0.2) is 0 Å². The van der Waals surface area contributed by atoms with Crippen LogP contribution >= 0.6 is 0 Å². The SMILES string of the molecule is CC[Si](CC)(CC)O[C@H]1[C@H](O)[C@@H](O[Si](CC)(CC)CC)[C@@](O)(c2ccccc2)O[C@@H]1CO. The molecule has 184 valence electrons.